The summed E-state index contributed by atoms with van der Waals surface area (Å²) in [6.07, 6.45) is 3.67. The Hall–Kier alpha value is -1.89. The fraction of sp³-hybridized carbons (Fsp3) is 0.583. The van der Waals surface area contributed by atoms with E-state index in [0.29, 0.717) is 19.6 Å². The molecule has 19 heavy (non-hydrogen) atoms. The van der Waals surface area contributed by atoms with Crippen LogP contribution in [-0.4, -0.2) is 70.3 Å². The average molecular weight is 266 g/mol. The molecule has 1 fully saturated rings. The van der Waals surface area contributed by atoms with Crippen molar-refractivity contribution in [3.8, 4) is 0 Å². The lowest BCUT2D eigenvalue weighted by Gasteiger charge is -2.19. The number of hydrogen-bond acceptors (Lipinski definition) is 4. The summed E-state index contributed by atoms with van der Waals surface area (Å²) in [6, 6.07) is 0.0687. The van der Waals surface area contributed by atoms with Crippen LogP contribution in [0.4, 0.5) is 0 Å². The van der Waals surface area contributed by atoms with Crippen molar-refractivity contribution < 1.29 is 14.7 Å². The van der Waals surface area contributed by atoms with Crippen LogP contribution in [0, 0.1) is 0 Å². The van der Waals surface area contributed by atoms with Crippen LogP contribution in [0.5, 0.6) is 0 Å². The number of nitrogens with zero attached hydrogens (tertiary/aromatic N) is 4. The summed E-state index contributed by atoms with van der Waals surface area (Å²) in [4.78, 5) is 26.3. The summed E-state index contributed by atoms with van der Waals surface area (Å²) < 4.78 is 1.65. The largest absolute Gasteiger partial charge is 0.478 e. The molecule has 1 atom stereocenters. The van der Waals surface area contributed by atoms with Gasteiger partial charge >= 0.3 is 5.97 Å². The molecule has 1 aromatic rings. The van der Waals surface area contributed by atoms with E-state index in [4.69, 9.17) is 5.11 Å². The molecule has 2 heterocycles. The highest BCUT2D eigenvalue weighted by Crippen LogP contribution is 2.21. The number of hydrogen-bond donors (Lipinski definition) is 1. The van der Waals surface area contributed by atoms with Crippen LogP contribution in [0.2, 0.25) is 0 Å². The monoisotopic (exact) mass is 266 g/mol. The Kier molecular flexibility index (Phi) is 3.84. The zero-order valence-electron chi connectivity index (χ0n) is 11.1. The quantitative estimate of drug-likeness (QED) is 0.824. The number of aromatic carboxylic acids is 1. The fourth-order valence-corrected chi connectivity index (χ4v) is 2.20. The number of amides is 1. The first-order valence-electron chi connectivity index (χ1n) is 6.17. The summed E-state index contributed by atoms with van der Waals surface area (Å²) in [5.41, 5.74) is 0.179. The smallest absolute Gasteiger partial charge is 0.338 e. The Morgan fingerprint density at radius 3 is 2.84 bits per heavy atom. The molecule has 7 heteroatoms. The van der Waals surface area contributed by atoms with Gasteiger partial charge in [-0.15, -0.1) is 0 Å². The number of carboxylic acid groups (broad SMARTS) is 1. The van der Waals surface area contributed by atoms with Gasteiger partial charge in [0, 0.05) is 19.3 Å². The first-order valence-corrected chi connectivity index (χ1v) is 6.17. The molecule has 0 spiro atoms. The molecule has 2 rings (SSSR count). The normalized spacial score (nSPS) is 19.1. The van der Waals surface area contributed by atoms with Gasteiger partial charge in [0.15, 0.2) is 0 Å². The molecule has 1 saturated heterocycles. The van der Waals surface area contributed by atoms with Crippen LogP contribution in [0.3, 0.4) is 0 Å². The second kappa shape index (κ2) is 5.40. The SMILES string of the molecule is CN(C)CC(=O)N1CC[C@@H](n2cc(C(=O)O)cn2)C1. The van der Waals surface area contributed by atoms with Gasteiger partial charge in [0.05, 0.1) is 24.3 Å². The van der Waals surface area contributed by atoms with Crippen LogP contribution in [0.15, 0.2) is 12.4 Å². The number of carboxylic acids is 1. The number of carbonyl (C=O) groups excluding carboxylic acids is 1. The average Bonchev–Trinajstić information content (AvgIpc) is 2.97. The van der Waals surface area contributed by atoms with E-state index in [1.807, 2.05) is 19.0 Å². The summed E-state index contributed by atoms with van der Waals surface area (Å²) in [5, 5.41) is 12.9. The Labute approximate surface area is 111 Å². The zero-order valence-corrected chi connectivity index (χ0v) is 11.1. The standard InChI is InChI=1S/C12H18N4O3/c1-14(2)8-11(17)15-4-3-10(7-15)16-6-9(5-13-16)12(18)19/h5-6,10H,3-4,7-8H2,1-2H3,(H,18,19)/t10-/m1/s1. The molecular formula is C12H18N4O3. The summed E-state index contributed by atoms with van der Waals surface area (Å²) in [6.45, 7) is 1.68. The molecule has 0 radical (unpaired) electrons. The summed E-state index contributed by atoms with van der Waals surface area (Å²) >= 11 is 0. The maximum absolute atomic E-state index is 11.9. The third kappa shape index (κ3) is 3.11. The van der Waals surface area contributed by atoms with Gasteiger partial charge in [0.1, 0.15) is 0 Å². The first kappa shape index (κ1) is 13.5. The molecule has 1 aliphatic heterocycles. The van der Waals surface area contributed by atoms with Gasteiger partial charge < -0.3 is 14.9 Å². The number of carbonyl (C=O) groups is 2. The summed E-state index contributed by atoms with van der Waals surface area (Å²) in [5.74, 6) is -0.886. The van der Waals surface area contributed by atoms with E-state index in [2.05, 4.69) is 5.10 Å². The third-order valence-electron chi connectivity index (χ3n) is 3.19. The Bertz CT molecular complexity index is 483. The van der Waals surface area contributed by atoms with Gasteiger partial charge in [-0.05, 0) is 20.5 Å². The maximum atomic E-state index is 11.9. The highest BCUT2D eigenvalue weighted by atomic mass is 16.4. The summed E-state index contributed by atoms with van der Waals surface area (Å²) in [7, 11) is 3.72. The van der Waals surface area contributed by atoms with E-state index in [9.17, 15) is 9.59 Å². The molecule has 0 aliphatic carbocycles. The van der Waals surface area contributed by atoms with Crippen LogP contribution >= 0.6 is 0 Å². The van der Waals surface area contributed by atoms with Gasteiger partial charge in [0.2, 0.25) is 5.91 Å². The van der Waals surface area contributed by atoms with Gasteiger partial charge in [-0.1, -0.05) is 0 Å². The van der Waals surface area contributed by atoms with Crippen LogP contribution in [0.1, 0.15) is 22.8 Å². The van der Waals surface area contributed by atoms with E-state index >= 15 is 0 Å². The molecule has 0 bridgehead atoms. The molecule has 1 aromatic heterocycles. The highest BCUT2D eigenvalue weighted by molar-refractivity contribution is 5.86. The van der Waals surface area contributed by atoms with Crippen LogP contribution in [0.25, 0.3) is 0 Å². The molecule has 1 N–H and O–H groups in total. The Morgan fingerprint density at radius 2 is 2.26 bits per heavy atom. The molecule has 104 valence electrons. The predicted molar refractivity (Wildman–Crippen MR) is 68.0 cm³/mol. The first-order chi connectivity index (χ1) is 8.97. The maximum Gasteiger partial charge on any atom is 0.338 e. The van der Waals surface area contributed by atoms with Crippen LogP contribution < -0.4 is 0 Å². The lowest BCUT2D eigenvalue weighted by molar-refractivity contribution is -0.130. The van der Waals surface area contributed by atoms with Gasteiger partial charge in [-0.2, -0.15) is 5.10 Å². The molecule has 0 aromatic carbocycles. The number of likely N-dealkylation sites (N-methyl/N-ethyl adjacent to an activating group) is 1. The van der Waals surface area contributed by atoms with Crippen molar-refractivity contribution in [2.24, 2.45) is 0 Å². The van der Waals surface area contributed by atoms with E-state index in [0.717, 1.165) is 6.42 Å². The predicted octanol–water partition coefficient (Wildman–Crippen LogP) is -0.0837. The Balaban J connectivity index is 1.97. The van der Waals surface area contributed by atoms with Crippen molar-refractivity contribution in [1.29, 1.82) is 0 Å². The molecule has 0 saturated carbocycles. The second-order valence-corrected chi connectivity index (χ2v) is 5.03. The van der Waals surface area contributed by atoms with Crippen molar-refractivity contribution >= 4 is 11.9 Å². The second-order valence-electron chi connectivity index (χ2n) is 5.03. The third-order valence-corrected chi connectivity index (χ3v) is 3.19. The minimum atomic E-state index is -0.982. The van der Waals surface area contributed by atoms with Gasteiger partial charge in [-0.25, -0.2) is 4.79 Å². The van der Waals surface area contributed by atoms with Crippen molar-refractivity contribution in [3.05, 3.63) is 18.0 Å². The van der Waals surface area contributed by atoms with Gasteiger partial charge in [-0.3, -0.25) is 9.48 Å². The van der Waals surface area contributed by atoms with Gasteiger partial charge in [0.25, 0.3) is 0 Å². The van der Waals surface area contributed by atoms with E-state index < -0.39 is 5.97 Å². The molecule has 1 amide bonds. The van der Waals surface area contributed by atoms with E-state index in [-0.39, 0.29) is 17.5 Å². The highest BCUT2D eigenvalue weighted by Gasteiger charge is 2.28. The Morgan fingerprint density at radius 1 is 1.53 bits per heavy atom. The lowest BCUT2D eigenvalue weighted by Crippen LogP contribution is -2.36. The van der Waals surface area contributed by atoms with Crippen LogP contribution in [-0.2, 0) is 4.79 Å². The number of likely N-dealkylation sites (tertiary alicyclic amines) is 1. The molecule has 1 aliphatic rings. The number of aromatic nitrogens is 2. The van der Waals surface area contributed by atoms with Crippen molar-refractivity contribution in [1.82, 2.24) is 19.6 Å². The van der Waals surface area contributed by atoms with E-state index in [1.165, 1.54) is 12.4 Å². The fourth-order valence-electron chi connectivity index (χ4n) is 2.20. The van der Waals surface area contributed by atoms with Crippen molar-refractivity contribution in [2.75, 3.05) is 33.7 Å². The molecule has 0 unspecified atom stereocenters. The van der Waals surface area contributed by atoms with E-state index in [1.54, 1.807) is 9.58 Å². The minimum Gasteiger partial charge on any atom is -0.478 e. The minimum absolute atomic E-state index is 0.0687. The van der Waals surface area contributed by atoms with Crippen molar-refractivity contribution in [2.45, 2.75) is 12.5 Å². The molecular weight excluding hydrogens is 248 g/mol. The van der Waals surface area contributed by atoms with Crippen molar-refractivity contribution in [3.63, 3.8) is 0 Å². The topological polar surface area (TPSA) is 78.7 Å². The number of rotatable bonds is 4. The zero-order chi connectivity index (χ0) is 14.0. The lowest BCUT2D eigenvalue weighted by atomic mass is 10.3. The molecule has 7 nitrogen and oxygen atoms in total.